The van der Waals surface area contributed by atoms with E-state index in [9.17, 15) is 0 Å². The molecule has 2 rings (SSSR count). The lowest BCUT2D eigenvalue weighted by Gasteiger charge is -2.03. The molecule has 1 heteroatoms. The van der Waals surface area contributed by atoms with Crippen LogP contribution >= 0.6 is 8.19 Å². The van der Waals surface area contributed by atoms with E-state index in [1.807, 2.05) is 0 Å². The summed E-state index contributed by atoms with van der Waals surface area (Å²) >= 11 is 0. The number of rotatable bonds is 1. The van der Waals surface area contributed by atoms with Gasteiger partial charge in [-0.15, -0.1) is 8.19 Å². The topological polar surface area (TPSA) is 0 Å². The summed E-state index contributed by atoms with van der Waals surface area (Å²) in [6.45, 7) is 6.68. The quantitative estimate of drug-likeness (QED) is 0.626. The molecule has 0 saturated heterocycles. The monoisotopic (exact) mass is 190 g/mol. The third kappa shape index (κ3) is 1.40. The first-order chi connectivity index (χ1) is 6.20. The van der Waals surface area contributed by atoms with Crippen LogP contribution in [-0.2, 0) is 0 Å². The summed E-state index contributed by atoms with van der Waals surface area (Å²) in [7, 11) is 0.889. The van der Waals surface area contributed by atoms with Crippen LogP contribution < -0.4 is 0 Å². The summed E-state index contributed by atoms with van der Waals surface area (Å²) in [5.41, 5.74) is 5.93. The first kappa shape index (κ1) is 8.84. The Balaban J connectivity index is 2.47. The van der Waals surface area contributed by atoms with Crippen LogP contribution in [0.15, 0.2) is 23.5 Å². The molecule has 68 valence electrons. The van der Waals surface area contributed by atoms with E-state index in [0.29, 0.717) is 0 Å². The molecule has 0 bridgehead atoms. The second-order valence-electron chi connectivity index (χ2n) is 3.71. The highest BCUT2D eigenvalue weighted by molar-refractivity contribution is 7.31. The standard InChI is InChI=1S/C12H15P/c1-8-5-4-6-11(8)12-10(3)9(2)7-13-12/h5-7,13H,4H2,1-3H3. The first-order valence-corrected chi connectivity index (χ1v) is 5.80. The normalized spacial score (nSPS) is 16.5. The molecule has 0 radical (unpaired) electrons. The van der Waals surface area contributed by atoms with Gasteiger partial charge >= 0.3 is 0 Å². The van der Waals surface area contributed by atoms with Crippen molar-refractivity contribution in [3.63, 3.8) is 0 Å². The number of hydrogen-bond acceptors (Lipinski definition) is 0. The lowest BCUT2D eigenvalue weighted by molar-refractivity contribution is 1.38. The summed E-state index contributed by atoms with van der Waals surface area (Å²) in [6, 6.07) is 0. The maximum Gasteiger partial charge on any atom is 0.00131 e. The van der Waals surface area contributed by atoms with Crippen molar-refractivity contribution in [3.8, 4) is 0 Å². The van der Waals surface area contributed by atoms with Crippen LogP contribution in [0.5, 0.6) is 0 Å². The van der Waals surface area contributed by atoms with Crippen LogP contribution in [0.3, 0.4) is 0 Å². The van der Waals surface area contributed by atoms with Gasteiger partial charge in [0.05, 0.1) is 0 Å². The zero-order valence-corrected chi connectivity index (χ0v) is 9.44. The van der Waals surface area contributed by atoms with Crippen molar-refractivity contribution in [1.82, 2.24) is 0 Å². The molecular weight excluding hydrogens is 175 g/mol. The molecule has 0 nitrogen and oxygen atoms in total. The van der Waals surface area contributed by atoms with Crippen LogP contribution in [0, 0.1) is 13.8 Å². The molecule has 1 aromatic heterocycles. The average molecular weight is 190 g/mol. The Morgan fingerprint density at radius 1 is 1.15 bits per heavy atom. The Morgan fingerprint density at radius 3 is 2.38 bits per heavy atom. The second kappa shape index (κ2) is 3.20. The lowest BCUT2D eigenvalue weighted by Crippen LogP contribution is -1.82. The molecule has 0 saturated carbocycles. The van der Waals surface area contributed by atoms with Crippen molar-refractivity contribution in [2.75, 3.05) is 0 Å². The van der Waals surface area contributed by atoms with E-state index in [2.05, 4.69) is 38.7 Å². The van der Waals surface area contributed by atoms with E-state index in [4.69, 9.17) is 0 Å². The highest BCUT2D eigenvalue weighted by atomic mass is 31.0. The largest absolute Gasteiger partial charge is 0.131 e. The van der Waals surface area contributed by atoms with Crippen molar-refractivity contribution in [2.24, 2.45) is 0 Å². The molecular formula is C12H15P. The van der Waals surface area contributed by atoms with Crippen LogP contribution in [0.2, 0.25) is 0 Å². The average Bonchev–Trinajstić information content (AvgIpc) is 2.62. The van der Waals surface area contributed by atoms with E-state index in [-0.39, 0.29) is 0 Å². The Hall–Kier alpha value is -0.740. The maximum absolute atomic E-state index is 2.36. The summed E-state index contributed by atoms with van der Waals surface area (Å²) in [4.78, 5) is 0. The van der Waals surface area contributed by atoms with Gasteiger partial charge in [-0.25, -0.2) is 0 Å². The Bertz CT molecular complexity index is 391. The summed E-state index contributed by atoms with van der Waals surface area (Å²) < 4.78 is 0. The van der Waals surface area contributed by atoms with Gasteiger partial charge in [0.1, 0.15) is 0 Å². The van der Waals surface area contributed by atoms with E-state index in [1.165, 1.54) is 22.3 Å². The zero-order valence-electron chi connectivity index (χ0n) is 8.44. The van der Waals surface area contributed by atoms with Crippen LogP contribution in [0.4, 0.5) is 0 Å². The third-order valence-corrected chi connectivity index (χ3v) is 4.35. The lowest BCUT2D eigenvalue weighted by atomic mass is 10.1. The molecule has 0 spiro atoms. The van der Waals surface area contributed by atoms with Gasteiger partial charge in [0, 0.05) is 5.30 Å². The predicted octanol–water partition coefficient (Wildman–Crippen LogP) is 4.07. The van der Waals surface area contributed by atoms with Crippen LogP contribution in [-0.4, -0.2) is 0 Å². The molecule has 1 unspecified atom stereocenters. The third-order valence-electron chi connectivity index (χ3n) is 2.84. The molecule has 1 atom stereocenters. The Labute approximate surface area is 81.5 Å². The summed E-state index contributed by atoms with van der Waals surface area (Å²) in [6.07, 6.45) is 5.79. The highest BCUT2D eigenvalue weighted by Gasteiger charge is 2.11. The van der Waals surface area contributed by atoms with E-state index < -0.39 is 0 Å². The van der Waals surface area contributed by atoms with Crippen LogP contribution in [0.1, 0.15) is 29.8 Å². The van der Waals surface area contributed by atoms with Gasteiger partial charge in [-0.1, -0.05) is 12.2 Å². The summed E-state index contributed by atoms with van der Waals surface area (Å²) in [5.74, 6) is 2.36. The molecule has 0 fully saturated rings. The smallest absolute Gasteiger partial charge is 0.00131 e. The minimum absolute atomic E-state index is 0.889. The molecule has 1 aromatic rings. The van der Waals surface area contributed by atoms with Gasteiger partial charge in [0.15, 0.2) is 0 Å². The predicted molar refractivity (Wildman–Crippen MR) is 61.8 cm³/mol. The number of hydrogen-bond donors (Lipinski definition) is 0. The fraction of sp³-hybridized carbons (Fsp3) is 0.333. The van der Waals surface area contributed by atoms with Gasteiger partial charge in [-0.3, -0.25) is 0 Å². The number of allylic oxidation sites excluding steroid dienone is 4. The van der Waals surface area contributed by atoms with Gasteiger partial charge in [0.2, 0.25) is 0 Å². The zero-order chi connectivity index (χ0) is 9.42. The van der Waals surface area contributed by atoms with Gasteiger partial charge in [-0.2, -0.15) is 0 Å². The highest BCUT2D eigenvalue weighted by Crippen LogP contribution is 2.38. The second-order valence-corrected chi connectivity index (χ2v) is 4.79. The first-order valence-electron chi connectivity index (χ1n) is 4.72. The maximum atomic E-state index is 2.36. The van der Waals surface area contributed by atoms with Crippen molar-refractivity contribution < 1.29 is 0 Å². The van der Waals surface area contributed by atoms with E-state index >= 15 is 0 Å². The molecule has 1 heterocycles. The molecule has 0 amide bonds. The number of aryl methyl sites for hydroxylation is 1. The molecule has 0 aliphatic heterocycles. The van der Waals surface area contributed by atoms with E-state index in [0.717, 1.165) is 14.6 Å². The fourth-order valence-electron chi connectivity index (χ4n) is 1.80. The Kier molecular flexibility index (Phi) is 2.17. The Morgan fingerprint density at radius 2 is 1.92 bits per heavy atom. The summed E-state index contributed by atoms with van der Waals surface area (Å²) in [5, 5.41) is 1.57. The molecule has 0 aromatic carbocycles. The molecule has 1 aliphatic carbocycles. The minimum atomic E-state index is 0.889. The molecule has 0 N–H and O–H groups in total. The SMILES string of the molecule is CC1=CCC=C1c1[pH]cc(C)c1C. The van der Waals surface area contributed by atoms with Crippen molar-refractivity contribution in [1.29, 1.82) is 0 Å². The molecule has 1 aliphatic rings. The minimum Gasteiger partial charge on any atom is -0.131 e. The fourth-order valence-corrected chi connectivity index (χ4v) is 3.24. The van der Waals surface area contributed by atoms with Gasteiger partial charge in [-0.05, 0) is 55.3 Å². The van der Waals surface area contributed by atoms with Crippen LogP contribution in [0.25, 0.3) is 5.57 Å². The van der Waals surface area contributed by atoms with Crippen molar-refractivity contribution in [3.05, 3.63) is 39.9 Å². The molecule has 13 heavy (non-hydrogen) atoms. The van der Waals surface area contributed by atoms with Gasteiger partial charge in [0.25, 0.3) is 0 Å². The van der Waals surface area contributed by atoms with Crippen molar-refractivity contribution >= 4 is 13.8 Å². The van der Waals surface area contributed by atoms with Crippen molar-refractivity contribution in [2.45, 2.75) is 27.2 Å². The van der Waals surface area contributed by atoms with E-state index in [1.54, 1.807) is 5.30 Å². The van der Waals surface area contributed by atoms with Gasteiger partial charge < -0.3 is 0 Å².